The van der Waals surface area contributed by atoms with Gasteiger partial charge in [-0.3, -0.25) is 19.3 Å². The molecule has 0 bridgehead atoms. The van der Waals surface area contributed by atoms with Crippen molar-refractivity contribution in [2.45, 2.75) is 65.8 Å². The summed E-state index contributed by atoms with van der Waals surface area (Å²) >= 11 is 0. The van der Waals surface area contributed by atoms with Gasteiger partial charge < -0.3 is 15.2 Å². The molecule has 3 amide bonds. The Morgan fingerprint density at radius 1 is 1.15 bits per heavy atom. The third-order valence-electron chi connectivity index (χ3n) is 3.75. The van der Waals surface area contributed by atoms with Crippen LogP contribution in [-0.4, -0.2) is 52.2 Å². The lowest BCUT2D eigenvalue weighted by atomic mass is 10.0. The van der Waals surface area contributed by atoms with Gasteiger partial charge in [0.2, 0.25) is 5.91 Å². The maximum Gasteiger partial charge on any atom is 0.253 e. The number of aliphatic hydroxyl groups is 1. The van der Waals surface area contributed by atoms with Crippen molar-refractivity contribution < 1.29 is 24.3 Å². The number of hydrogen-bond acceptors (Lipinski definition) is 5. The molecule has 0 radical (unpaired) electrons. The molecule has 0 spiro atoms. The van der Waals surface area contributed by atoms with E-state index in [1.54, 1.807) is 20.8 Å². The molecule has 0 atom stereocenters. The Bertz CT molecular complexity index is 520. The van der Waals surface area contributed by atoms with Gasteiger partial charge in [-0.05, 0) is 39.5 Å². The lowest BCUT2D eigenvalue weighted by Gasteiger charge is -2.25. The molecule has 1 heterocycles. The highest BCUT2D eigenvalue weighted by molar-refractivity contribution is 6.13. The van der Waals surface area contributed by atoms with Gasteiger partial charge in [0.05, 0.1) is 0 Å². The molecule has 0 aromatic carbocycles. The molecule has 26 heavy (non-hydrogen) atoms. The summed E-state index contributed by atoms with van der Waals surface area (Å²) in [6.07, 6.45) is 4.68. The fourth-order valence-corrected chi connectivity index (χ4v) is 2.14. The molecule has 2 N–H and O–H groups in total. The monoisotopic (exact) mass is 368 g/mol. The second-order valence-corrected chi connectivity index (χ2v) is 7.45. The third kappa shape index (κ3) is 10.8. The van der Waals surface area contributed by atoms with Crippen LogP contribution < -0.4 is 5.32 Å². The van der Waals surface area contributed by atoms with Gasteiger partial charge in [-0.1, -0.05) is 13.8 Å². The van der Waals surface area contributed by atoms with E-state index in [0.29, 0.717) is 18.1 Å². The number of hydrogen-bond donors (Lipinski definition) is 2. The zero-order chi connectivity index (χ0) is 20.3. The molecule has 1 rings (SSSR count). The number of carbonyl (C=O) groups excluding carboxylic acids is 4. The summed E-state index contributed by atoms with van der Waals surface area (Å²) in [6, 6.07) is 0. The topological polar surface area (TPSA) is 104 Å². The van der Waals surface area contributed by atoms with Gasteiger partial charge in [0.1, 0.15) is 5.78 Å². The normalized spacial score (nSPS) is 13.7. The summed E-state index contributed by atoms with van der Waals surface area (Å²) in [5.74, 6) is -0.0524. The first-order valence-electron chi connectivity index (χ1n) is 8.93. The Balaban J connectivity index is 0.000000660. The second kappa shape index (κ2) is 11.6. The van der Waals surface area contributed by atoms with E-state index in [1.165, 1.54) is 12.2 Å². The number of aliphatic hydroxyl groups excluding tert-OH is 1. The van der Waals surface area contributed by atoms with Gasteiger partial charge in [0.25, 0.3) is 11.8 Å². The number of carbonyl (C=O) groups is 4. The van der Waals surface area contributed by atoms with Crippen LogP contribution in [0.3, 0.4) is 0 Å². The minimum absolute atomic E-state index is 0.0136. The molecule has 7 nitrogen and oxygen atoms in total. The predicted molar refractivity (Wildman–Crippen MR) is 99.2 cm³/mol. The highest BCUT2D eigenvalue weighted by atomic mass is 16.3. The van der Waals surface area contributed by atoms with Gasteiger partial charge in [-0.25, -0.2) is 0 Å². The maximum absolute atomic E-state index is 11.6. The van der Waals surface area contributed by atoms with Crippen molar-refractivity contribution in [3.63, 3.8) is 0 Å². The quantitative estimate of drug-likeness (QED) is 0.602. The second-order valence-electron chi connectivity index (χ2n) is 7.45. The number of ketones is 1. The van der Waals surface area contributed by atoms with Crippen LogP contribution in [0.4, 0.5) is 0 Å². The number of nitrogens with one attached hydrogen (secondary N) is 1. The summed E-state index contributed by atoms with van der Waals surface area (Å²) in [7, 11) is 0. The zero-order valence-corrected chi connectivity index (χ0v) is 16.5. The summed E-state index contributed by atoms with van der Waals surface area (Å²) in [4.78, 5) is 45.5. The fraction of sp³-hybridized carbons (Fsp3) is 0.684. The van der Waals surface area contributed by atoms with Crippen molar-refractivity contribution in [1.82, 2.24) is 10.2 Å². The van der Waals surface area contributed by atoms with Crippen molar-refractivity contribution in [3.05, 3.63) is 12.2 Å². The SMILES string of the molecule is CC(=O)CCC(C)C.CC(C)(CCO)NC(=O)CCN1C(=O)C=CC1=O. The molecule has 0 aromatic heterocycles. The fourth-order valence-electron chi connectivity index (χ4n) is 2.14. The first-order valence-corrected chi connectivity index (χ1v) is 8.93. The summed E-state index contributed by atoms with van der Waals surface area (Å²) in [6.45, 7) is 9.56. The minimum Gasteiger partial charge on any atom is -0.396 e. The van der Waals surface area contributed by atoms with Crippen LogP contribution in [0.1, 0.15) is 60.3 Å². The molecular weight excluding hydrogens is 336 g/mol. The van der Waals surface area contributed by atoms with Crippen LogP contribution in [0.5, 0.6) is 0 Å². The van der Waals surface area contributed by atoms with Gasteiger partial charge in [0, 0.05) is 43.7 Å². The summed E-state index contributed by atoms with van der Waals surface area (Å²) in [5.41, 5.74) is -0.497. The van der Waals surface area contributed by atoms with Gasteiger partial charge in [0.15, 0.2) is 0 Å². The molecule has 0 fully saturated rings. The Morgan fingerprint density at radius 3 is 2.08 bits per heavy atom. The average molecular weight is 368 g/mol. The van der Waals surface area contributed by atoms with Gasteiger partial charge in [-0.15, -0.1) is 0 Å². The van der Waals surface area contributed by atoms with E-state index in [2.05, 4.69) is 19.2 Å². The largest absolute Gasteiger partial charge is 0.396 e. The molecule has 0 saturated heterocycles. The van der Waals surface area contributed by atoms with Crippen LogP contribution >= 0.6 is 0 Å². The number of nitrogens with zero attached hydrogens (tertiary/aromatic N) is 1. The van der Waals surface area contributed by atoms with Crippen LogP contribution in [0.25, 0.3) is 0 Å². The Labute approximate surface area is 155 Å². The molecule has 0 aliphatic carbocycles. The maximum atomic E-state index is 11.6. The zero-order valence-electron chi connectivity index (χ0n) is 16.5. The third-order valence-corrected chi connectivity index (χ3v) is 3.75. The molecular formula is C19H32N2O5. The lowest BCUT2D eigenvalue weighted by molar-refractivity contribution is -0.137. The number of rotatable bonds is 9. The minimum atomic E-state index is -0.497. The van der Waals surface area contributed by atoms with Crippen LogP contribution in [-0.2, 0) is 19.2 Å². The average Bonchev–Trinajstić information content (AvgIpc) is 2.82. The van der Waals surface area contributed by atoms with E-state index in [1.807, 2.05) is 0 Å². The van der Waals surface area contributed by atoms with Gasteiger partial charge >= 0.3 is 0 Å². The summed E-state index contributed by atoms with van der Waals surface area (Å²) in [5, 5.41) is 11.6. The van der Waals surface area contributed by atoms with Crippen molar-refractivity contribution in [2.24, 2.45) is 5.92 Å². The highest BCUT2D eigenvalue weighted by Crippen LogP contribution is 2.09. The van der Waals surface area contributed by atoms with Gasteiger partial charge in [-0.2, -0.15) is 0 Å². The Hall–Kier alpha value is -2.02. The first-order chi connectivity index (χ1) is 12.0. The lowest BCUT2D eigenvalue weighted by Crippen LogP contribution is -2.45. The standard InChI is InChI=1S/C12H18N2O4.C7H14O/c1-12(2,6-8-15)13-9(16)5-7-14-10(17)3-4-11(14)18;1-6(2)4-5-7(3)8/h3-4,15H,5-8H2,1-2H3,(H,13,16);6H,4-5H2,1-3H3. The molecule has 0 unspecified atom stereocenters. The molecule has 1 aliphatic heterocycles. The Kier molecular flexibility index (Phi) is 10.7. The highest BCUT2D eigenvalue weighted by Gasteiger charge is 2.25. The number of amides is 3. The number of imide groups is 1. The Morgan fingerprint density at radius 2 is 1.69 bits per heavy atom. The van der Waals surface area contributed by atoms with Crippen molar-refractivity contribution in [3.8, 4) is 0 Å². The van der Waals surface area contributed by atoms with Crippen LogP contribution in [0.15, 0.2) is 12.2 Å². The van der Waals surface area contributed by atoms with Crippen LogP contribution in [0, 0.1) is 5.92 Å². The molecule has 0 saturated carbocycles. The van der Waals surface area contributed by atoms with E-state index in [-0.39, 0.29) is 37.3 Å². The van der Waals surface area contributed by atoms with Crippen molar-refractivity contribution >= 4 is 23.5 Å². The predicted octanol–water partition coefficient (Wildman–Crippen LogP) is 1.59. The van der Waals surface area contributed by atoms with E-state index in [9.17, 15) is 19.2 Å². The number of Topliss-reactive ketones (excluding diaryl/α,β-unsaturated/α-hetero) is 1. The van der Waals surface area contributed by atoms with Crippen molar-refractivity contribution in [1.29, 1.82) is 0 Å². The summed E-state index contributed by atoms with van der Waals surface area (Å²) < 4.78 is 0. The van der Waals surface area contributed by atoms with Crippen molar-refractivity contribution in [2.75, 3.05) is 13.2 Å². The van der Waals surface area contributed by atoms with E-state index >= 15 is 0 Å². The van der Waals surface area contributed by atoms with Crippen LogP contribution in [0.2, 0.25) is 0 Å². The smallest absolute Gasteiger partial charge is 0.253 e. The molecule has 1 aliphatic rings. The first kappa shape index (κ1) is 24.0. The van der Waals surface area contributed by atoms with E-state index in [0.717, 1.165) is 17.7 Å². The van der Waals surface area contributed by atoms with E-state index < -0.39 is 5.54 Å². The molecule has 0 aromatic rings. The molecule has 7 heteroatoms. The van der Waals surface area contributed by atoms with E-state index in [4.69, 9.17) is 5.11 Å². The molecule has 148 valence electrons.